The maximum atomic E-state index is 11.6. The molecule has 2 heterocycles. The molecule has 0 aliphatic carbocycles. The number of benzene rings is 1. The number of amides is 1. The molecule has 0 radical (unpaired) electrons. The van der Waals surface area contributed by atoms with Crippen molar-refractivity contribution in [2.24, 2.45) is 5.73 Å². The molecule has 20 heavy (non-hydrogen) atoms. The molecule has 1 fully saturated rings. The van der Waals surface area contributed by atoms with Crippen LogP contribution in [-0.2, 0) is 4.79 Å². The van der Waals surface area contributed by atoms with E-state index in [2.05, 4.69) is 33.2 Å². The molecule has 2 aliphatic rings. The fraction of sp³-hybridized carbons (Fsp3) is 0.500. The van der Waals surface area contributed by atoms with Gasteiger partial charge in [-0.05, 0) is 41.9 Å². The van der Waals surface area contributed by atoms with E-state index < -0.39 is 6.04 Å². The number of carbonyl (C=O) groups excluding carboxylic acids is 1. The van der Waals surface area contributed by atoms with Gasteiger partial charge >= 0.3 is 0 Å². The molecule has 0 spiro atoms. The zero-order chi connectivity index (χ0) is 14.3. The Morgan fingerprint density at radius 3 is 2.80 bits per heavy atom. The highest BCUT2D eigenvalue weighted by Crippen LogP contribution is 2.38. The van der Waals surface area contributed by atoms with E-state index in [-0.39, 0.29) is 12.0 Å². The zero-order valence-corrected chi connectivity index (χ0v) is 12.9. The Bertz CT molecular complexity index is 541. The van der Waals surface area contributed by atoms with Crippen molar-refractivity contribution in [1.29, 1.82) is 0 Å². The van der Waals surface area contributed by atoms with Crippen molar-refractivity contribution in [1.82, 2.24) is 4.90 Å². The first-order chi connectivity index (χ1) is 9.54. The van der Waals surface area contributed by atoms with Crippen molar-refractivity contribution < 1.29 is 9.53 Å². The van der Waals surface area contributed by atoms with Gasteiger partial charge in [0.15, 0.2) is 0 Å². The maximum absolute atomic E-state index is 11.6. The molecule has 1 aromatic carbocycles. The first-order valence-corrected chi connectivity index (χ1v) is 7.59. The second-order valence-electron chi connectivity index (χ2n) is 5.46. The van der Waals surface area contributed by atoms with Crippen LogP contribution in [0.5, 0.6) is 5.75 Å². The maximum Gasteiger partial charge on any atom is 0.245 e. The molecule has 1 amide bonds. The normalized spacial score (nSPS) is 23.6. The Morgan fingerprint density at radius 2 is 2.10 bits per heavy atom. The van der Waals surface area contributed by atoms with Crippen molar-refractivity contribution in [3.8, 4) is 5.75 Å². The molecular formula is C14H18BrN3O2. The summed E-state index contributed by atoms with van der Waals surface area (Å²) in [6.45, 7) is 2.10. The summed E-state index contributed by atoms with van der Waals surface area (Å²) in [6, 6.07) is 3.16. The molecule has 3 rings (SSSR count). The number of fused-ring (bicyclic) bond motifs is 1. The second kappa shape index (κ2) is 5.35. The number of halogens is 1. The van der Waals surface area contributed by atoms with Crippen LogP contribution in [0, 0.1) is 0 Å². The fourth-order valence-corrected chi connectivity index (χ4v) is 3.11. The number of nitrogens with one attached hydrogen (secondary N) is 1. The minimum Gasteiger partial charge on any atom is -0.489 e. The van der Waals surface area contributed by atoms with Crippen LogP contribution in [0.2, 0.25) is 0 Å². The SMILES string of the molecule is CN1CCC(Oc2cc3c(cc2Br)C(N)C(=O)N3)CC1. The summed E-state index contributed by atoms with van der Waals surface area (Å²) in [7, 11) is 2.12. The Morgan fingerprint density at radius 1 is 1.40 bits per heavy atom. The van der Waals surface area contributed by atoms with Gasteiger partial charge in [-0.1, -0.05) is 0 Å². The second-order valence-corrected chi connectivity index (χ2v) is 6.31. The van der Waals surface area contributed by atoms with Gasteiger partial charge in [-0.15, -0.1) is 0 Å². The first kappa shape index (κ1) is 13.9. The minimum atomic E-state index is -0.585. The van der Waals surface area contributed by atoms with Crippen LogP contribution >= 0.6 is 15.9 Å². The Hall–Kier alpha value is -1.11. The summed E-state index contributed by atoms with van der Waals surface area (Å²) in [5.74, 6) is 0.607. The summed E-state index contributed by atoms with van der Waals surface area (Å²) in [5, 5.41) is 2.79. The van der Waals surface area contributed by atoms with Crippen LogP contribution in [0.4, 0.5) is 5.69 Å². The number of anilines is 1. The fourth-order valence-electron chi connectivity index (χ4n) is 2.66. The van der Waals surface area contributed by atoms with Gasteiger partial charge in [-0.25, -0.2) is 0 Å². The number of hydrogen-bond acceptors (Lipinski definition) is 4. The molecule has 1 aromatic rings. The van der Waals surface area contributed by atoms with Crippen LogP contribution in [0.1, 0.15) is 24.4 Å². The molecule has 1 atom stereocenters. The number of nitrogens with two attached hydrogens (primary N) is 1. The van der Waals surface area contributed by atoms with Crippen molar-refractivity contribution in [2.75, 3.05) is 25.5 Å². The highest BCUT2D eigenvalue weighted by molar-refractivity contribution is 9.10. The lowest BCUT2D eigenvalue weighted by molar-refractivity contribution is -0.116. The summed E-state index contributed by atoms with van der Waals surface area (Å²) < 4.78 is 6.91. The van der Waals surface area contributed by atoms with Crippen molar-refractivity contribution in [3.05, 3.63) is 22.2 Å². The van der Waals surface area contributed by atoms with E-state index in [1.165, 1.54) is 0 Å². The van der Waals surface area contributed by atoms with E-state index in [1.807, 2.05) is 12.1 Å². The molecule has 3 N–H and O–H groups in total. The predicted octanol–water partition coefficient (Wildman–Crippen LogP) is 1.87. The summed E-state index contributed by atoms with van der Waals surface area (Å²) in [6.07, 6.45) is 2.27. The molecule has 1 saturated heterocycles. The van der Waals surface area contributed by atoms with E-state index in [0.29, 0.717) is 0 Å². The third-order valence-electron chi connectivity index (χ3n) is 3.94. The molecule has 0 bridgehead atoms. The van der Waals surface area contributed by atoms with Crippen molar-refractivity contribution >= 4 is 27.5 Å². The largest absolute Gasteiger partial charge is 0.489 e. The molecule has 5 nitrogen and oxygen atoms in total. The smallest absolute Gasteiger partial charge is 0.245 e. The van der Waals surface area contributed by atoms with Crippen LogP contribution < -0.4 is 15.8 Å². The van der Waals surface area contributed by atoms with Gasteiger partial charge in [0.2, 0.25) is 5.91 Å². The van der Waals surface area contributed by atoms with E-state index in [1.54, 1.807) is 0 Å². The lowest BCUT2D eigenvalue weighted by atomic mass is 10.1. The molecular weight excluding hydrogens is 322 g/mol. The molecule has 2 aliphatic heterocycles. The third kappa shape index (κ3) is 2.55. The zero-order valence-electron chi connectivity index (χ0n) is 11.4. The van der Waals surface area contributed by atoms with Gasteiger partial charge in [0, 0.05) is 30.4 Å². The third-order valence-corrected chi connectivity index (χ3v) is 4.56. The minimum absolute atomic E-state index is 0.164. The standard InChI is InChI=1S/C14H18BrN3O2/c1-18-4-2-8(3-5-18)20-12-7-11-9(6-10(12)15)13(16)14(19)17-11/h6-8,13H,2-5,16H2,1H3,(H,17,19). The topological polar surface area (TPSA) is 67.6 Å². The van der Waals surface area contributed by atoms with E-state index in [9.17, 15) is 4.79 Å². The van der Waals surface area contributed by atoms with Crippen molar-refractivity contribution in [2.45, 2.75) is 25.0 Å². The lowest BCUT2D eigenvalue weighted by Crippen LogP contribution is -2.35. The van der Waals surface area contributed by atoms with Gasteiger partial charge < -0.3 is 20.7 Å². The Kier molecular flexibility index (Phi) is 3.70. The average Bonchev–Trinajstić information content (AvgIpc) is 2.69. The number of piperidine rings is 1. The molecule has 1 unspecified atom stereocenters. The Balaban J connectivity index is 1.78. The van der Waals surface area contributed by atoms with Gasteiger partial charge in [0.05, 0.1) is 4.47 Å². The number of ether oxygens (including phenoxy) is 1. The summed E-state index contributed by atoms with van der Waals surface area (Å²) in [4.78, 5) is 13.9. The number of likely N-dealkylation sites (tertiary alicyclic amines) is 1. The number of carbonyl (C=O) groups is 1. The molecule has 108 valence electrons. The van der Waals surface area contributed by atoms with Gasteiger partial charge in [0.25, 0.3) is 0 Å². The number of hydrogen-bond donors (Lipinski definition) is 2. The van der Waals surface area contributed by atoms with Crippen LogP contribution in [0.3, 0.4) is 0 Å². The molecule has 0 aromatic heterocycles. The van der Waals surface area contributed by atoms with E-state index in [4.69, 9.17) is 10.5 Å². The first-order valence-electron chi connectivity index (χ1n) is 6.79. The summed E-state index contributed by atoms with van der Waals surface area (Å²) in [5.41, 5.74) is 7.40. The van der Waals surface area contributed by atoms with E-state index >= 15 is 0 Å². The van der Waals surface area contributed by atoms with Crippen molar-refractivity contribution in [3.63, 3.8) is 0 Å². The number of rotatable bonds is 2. The Labute approximate surface area is 126 Å². The van der Waals surface area contributed by atoms with Crippen LogP contribution in [0.25, 0.3) is 0 Å². The lowest BCUT2D eigenvalue weighted by Gasteiger charge is -2.29. The quantitative estimate of drug-likeness (QED) is 0.863. The highest BCUT2D eigenvalue weighted by atomic mass is 79.9. The van der Waals surface area contributed by atoms with Gasteiger partial charge in [-0.3, -0.25) is 4.79 Å². The van der Waals surface area contributed by atoms with Gasteiger partial charge in [0.1, 0.15) is 17.9 Å². The predicted molar refractivity (Wildman–Crippen MR) is 80.8 cm³/mol. The molecule has 0 saturated carbocycles. The van der Waals surface area contributed by atoms with E-state index in [0.717, 1.165) is 47.4 Å². The van der Waals surface area contributed by atoms with Crippen LogP contribution in [-0.4, -0.2) is 37.0 Å². The monoisotopic (exact) mass is 339 g/mol. The summed E-state index contributed by atoms with van der Waals surface area (Å²) >= 11 is 3.51. The number of nitrogens with zero attached hydrogens (tertiary/aromatic N) is 1. The average molecular weight is 340 g/mol. The molecule has 6 heteroatoms. The van der Waals surface area contributed by atoms with Gasteiger partial charge in [-0.2, -0.15) is 0 Å². The highest BCUT2D eigenvalue weighted by Gasteiger charge is 2.29. The van der Waals surface area contributed by atoms with Crippen LogP contribution in [0.15, 0.2) is 16.6 Å².